The van der Waals surface area contributed by atoms with Crippen LogP contribution in [0.2, 0.25) is 0 Å². The van der Waals surface area contributed by atoms with Gasteiger partial charge in [-0.25, -0.2) is 4.79 Å². The highest BCUT2D eigenvalue weighted by molar-refractivity contribution is 5.92. The van der Waals surface area contributed by atoms with Crippen molar-refractivity contribution in [3.8, 4) is 5.75 Å². The summed E-state index contributed by atoms with van der Waals surface area (Å²) in [6, 6.07) is 5.97. The lowest BCUT2D eigenvalue weighted by Gasteiger charge is -2.16. The van der Waals surface area contributed by atoms with Crippen LogP contribution in [0.3, 0.4) is 0 Å². The molecule has 0 aliphatic rings. The Morgan fingerprint density at radius 3 is 2.38 bits per heavy atom. The molecule has 0 unspecified atom stereocenters. The lowest BCUT2D eigenvalue weighted by atomic mass is 10.2. The molecule has 0 aromatic heterocycles. The SMILES string of the molecule is CC(C)(C)OOC(=O)c1ccccc1O[O]. The molecule has 1 rings (SSSR count). The number of para-hydroxylation sites is 1. The largest absolute Gasteiger partial charge is 0.377 e. The van der Waals surface area contributed by atoms with Crippen LogP contribution in [-0.2, 0) is 15.0 Å². The molecule has 0 fully saturated rings. The van der Waals surface area contributed by atoms with E-state index < -0.39 is 11.6 Å². The highest BCUT2D eigenvalue weighted by Gasteiger charge is 2.19. The monoisotopic (exact) mass is 225 g/mol. The summed E-state index contributed by atoms with van der Waals surface area (Å²) in [7, 11) is 0. The molecule has 1 aromatic carbocycles. The zero-order valence-corrected chi connectivity index (χ0v) is 9.35. The highest BCUT2D eigenvalue weighted by atomic mass is 17.2. The van der Waals surface area contributed by atoms with E-state index in [-0.39, 0.29) is 11.3 Å². The second-order valence-corrected chi connectivity index (χ2v) is 4.15. The summed E-state index contributed by atoms with van der Waals surface area (Å²) < 4.78 is 0. The highest BCUT2D eigenvalue weighted by Crippen LogP contribution is 2.19. The van der Waals surface area contributed by atoms with Gasteiger partial charge >= 0.3 is 5.97 Å². The van der Waals surface area contributed by atoms with Gasteiger partial charge in [0, 0.05) is 5.26 Å². The summed E-state index contributed by atoms with van der Waals surface area (Å²) in [5.74, 6) is -0.855. The van der Waals surface area contributed by atoms with Gasteiger partial charge in [0.15, 0.2) is 5.75 Å². The quantitative estimate of drug-likeness (QED) is 0.584. The molecule has 0 saturated heterocycles. The number of rotatable bonds is 3. The van der Waals surface area contributed by atoms with Crippen molar-refractivity contribution in [2.75, 3.05) is 0 Å². The van der Waals surface area contributed by atoms with Crippen LogP contribution >= 0.6 is 0 Å². The normalized spacial score (nSPS) is 11.0. The van der Waals surface area contributed by atoms with Crippen LogP contribution < -0.4 is 4.89 Å². The maximum absolute atomic E-state index is 11.5. The first-order chi connectivity index (χ1) is 7.44. The summed E-state index contributed by atoms with van der Waals surface area (Å²) >= 11 is 0. The zero-order valence-electron chi connectivity index (χ0n) is 9.35. The lowest BCUT2D eigenvalue weighted by molar-refractivity contribution is -0.301. The Balaban J connectivity index is 2.73. The molecule has 0 atom stereocenters. The van der Waals surface area contributed by atoms with Crippen molar-refractivity contribution in [3.05, 3.63) is 29.8 Å². The molecule has 0 aliphatic heterocycles. The van der Waals surface area contributed by atoms with Gasteiger partial charge in [0.25, 0.3) is 0 Å². The van der Waals surface area contributed by atoms with Crippen LogP contribution in [-0.4, -0.2) is 11.6 Å². The van der Waals surface area contributed by atoms with Gasteiger partial charge in [-0.3, -0.25) is 4.89 Å². The van der Waals surface area contributed by atoms with Gasteiger partial charge in [-0.1, -0.05) is 12.1 Å². The molecule has 0 N–H and O–H groups in total. The van der Waals surface area contributed by atoms with E-state index in [2.05, 4.69) is 9.78 Å². The van der Waals surface area contributed by atoms with Crippen LogP contribution in [0.5, 0.6) is 5.75 Å². The Morgan fingerprint density at radius 2 is 1.81 bits per heavy atom. The topological polar surface area (TPSA) is 64.7 Å². The minimum Gasteiger partial charge on any atom is -0.305 e. The van der Waals surface area contributed by atoms with Gasteiger partial charge in [0.2, 0.25) is 0 Å². The molecule has 0 saturated carbocycles. The average molecular weight is 225 g/mol. The zero-order chi connectivity index (χ0) is 12.2. The van der Waals surface area contributed by atoms with E-state index in [1.165, 1.54) is 12.1 Å². The molecule has 1 radical (unpaired) electrons. The number of carbonyl (C=O) groups excluding carboxylic acids is 1. The number of hydrogen-bond acceptors (Lipinski definition) is 4. The molecule has 87 valence electrons. The Bertz CT molecular complexity index is 367. The van der Waals surface area contributed by atoms with E-state index >= 15 is 0 Å². The number of hydrogen-bond donors (Lipinski definition) is 0. The van der Waals surface area contributed by atoms with E-state index in [4.69, 9.17) is 4.89 Å². The predicted molar refractivity (Wildman–Crippen MR) is 54.0 cm³/mol. The molecule has 0 amide bonds. The second kappa shape index (κ2) is 4.96. The number of carbonyl (C=O) groups is 1. The summed E-state index contributed by atoms with van der Waals surface area (Å²) in [6.07, 6.45) is 0. The van der Waals surface area contributed by atoms with E-state index in [0.717, 1.165) is 0 Å². The van der Waals surface area contributed by atoms with E-state index in [1.807, 2.05) is 0 Å². The van der Waals surface area contributed by atoms with Gasteiger partial charge in [0.1, 0.15) is 11.2 Å². The second-order valence-electron chi connectivity index (χ2n) is 4.15. The van der Waals surface area contributed by atoms with Crippen molar-refractivity contribution < 1.29 is 24.7 Å². The summed E-state index contributed by atoms with van der Waals surface area (Å²) in [6.45, 7) is 5.20. The minimum absolute atomic E-state index is 0.0294. The Morgan fingerprint density at radius 1 is 1.19 bits per heavy atom. The van der Waals surface area contributed by atoms with Gasteiger partial charge < -0.3 is 4.89 Å². The van der Waals surface area contributed by atoms with Crippen LogP contribution in [0.25, 0.3) is 0 Å². The van der Waals surface area contributed by atoms with Crippen molar-refractivity contribution in [2.45, 2.75) is 26.4 Å². The van der Waals surface area contributed by atoms with Crippen LogP contribution in [0, 0.1) is 0 Å². The molecular formula is C11H13O5. The summed E-state index contributed by atoms with van der Waals surface area (Å²) in [4.78, 5) is 24.7. The summed E-state index contributed by atoms with van der Waals surface area (Å²) in [5, 5.41) is 10.3. The third-order valence-corrected chi connectivity index (χ3v) is 1.56. The Kier molecular flexibility index (Phi) is 3.87. The fourth-order valence-corrected chi connectivity index (χ4v) is 0.916. The van der Waals surface area contributed by atoms with Crippen molar-refractivity contribution in [3.63, 3.8) is 0 Å². The van der Waals surface area contributed by atoms with Crippen LogP contribution in [0.15, 0.2) is 24.3 Å². The predicted octanol–water partition coefficient (Wildman–Crippen LogP) is 2.30. The lowest BCUT2D eigenvalue weighted by Crippen LogP contribution is -2.22. The smallest absolute Gasteiger partial charge is 0.305 e. The standard InChI is InChI=1S/C11H13O5/c1-11(2,3)16-15-10(12)8-6-4-5-7-9(8)14-13/h4-7H,1-3H3. The third kappa shape index (κ3) is 3.52. The fraction of sp³-hybridized carbons (Fsp3) is 0.364. The first-order valence-corrected chi connectivity index (χ1v) is 4.73. The van der Waals surface area contributed by atoms with Gasteiger partial charge in [0.05, 0.1) is 0 Å². The van der Waals surface area contributed by atoms with Crippen molar-refractivity contribution in [2.24, 2.45) is 0 Å². The first kappa shape index (κ1) is 12.5. The van der Waals surface area contributed by atoms with Crippen molar-refractivity contribution in [1.82, 2.24) is 0 Å². The van der Waals surface area contributed by atoms with Gasteiger partial charge in [-0.2, -0.15) is 4.89 Å². The molecule has 0 spiro atoms. The molecule has 0 heterocycles. The van der Waals surface area contributed by atoms with E-state index in [9.17, 15) is 10.1 Å². The van der Waals surface area contributed by atoms with Gasteiger partial charge in [-0.15, -0.1) is 0 Å². The third-order valence-electron chi connectivity index (χ3n) is 1.56. The molecule has 0 bridgehead atoms. The molecule has 16 heavy (non-hydrogen) atoms. The molecule has 5 nitrogen and oxygen atoms in total. The maximum Gasteiger partial charge on any atom is 0.377 e. The number of benzene rings is 1. The Labute approximate surface area is 93.4 Å². The van der Waals surface area contributed by atoms with E-state index in [1.54, 1.807) is 32.9 Å². The fourth-order valence-electron chi connectivity index (χ4n) is 0.916. The van der Waals surface area contributed by atoms with Gasteiger partial charge in [-0.05, 0) is 32.9 Å². The first-order valence-electron chi connectivity index (χ1n) is 4.73. The van der Waals surface area contributed by atoms with Crippen molar-refractivity contribution >= 4 is 5.97 Å². The maximum atomic E-state index is 11.5. The van der Waals surface area contributed by atoms with Crippen molar-refractivity contribution in [1.29, 1.82) is 0 Å². The van der Waals surface area contributed by atoms with E-state index in [0.29, 0.717) is 0 Å². The molecule has 0 aliphatic carbocycles. The molecular weight excluding hydrogens is 212 g/mol. The molecule has 5 heteroatoms. The van der Waals surface area contributed by atoms with Crippen LogP contribution in [0.4, 0.5) is 0 Å². The minimum atomic E-state index is -0.763. The van der Waals surface area contributed by atoms with Crippen LogP contribution in [0.1, 0.15) is 31.1 Å². The summed E-state index contributed by atoms with van der Waals surface area (Å²) in [5.41, 5.74) is -0.579. The Hall–Kier alpha value is -1.59. The molecule has 1 aromatic rings. The average Bonchev–Trinajstić information content (AvgIpc) is 2.25.